The summed E-state index contributed by atoms with van der Waals surface area (Å²) in [6, 6.07) is 0. The molecule has 5 heteroatoms. The number of nitrogens with zero attached hydrogens (tertiary/aromatic N) is 1. The van der Waals surface area contributed by atoms with Crippen LogP contribution < -0.4 is 34.7 Å². The molecule has 0 spiro atoms. The Morgan fingerprint density at radius 2 is 2.40 bits per heavy atom. The van der Waals surface area contributed by atoms with Crippen molar-refractivity contribution in [1.82, 2.24) is 4.98 Å². The molecule has 0 aliphatic rings. The minimum absolute atomic E-state index is 0. The van der Waals surface area contributed by atoms with Crippen LogP contribution in [0.3, 0.4) is 0 Å². The fourth-order valence-corrected chi connectivity index (χ4v) is 0.449. The second-order valence-electron chi connectivity index (χ2n) is 1.56. The van der Waals surface area contributed by atoms with E-state index in [-0.39, 0.29) is 35.4 Å². The molecular weight excluding hydrogens is 145 g/mol. The molecule has 0 aliphatic carbocycles. The molecular formula is C5H4NNaO3. The van der Waals surface area contributed by atoms with E-state index < -0.39 is 5.97 Å². The van der Waals surface area contributed by atoms with Crippen molar-refractivity contribution in [2.75, 3.05) is 0 Å². The third kappa shape index (κ3) is 2.13. The van der Waals surface area contributed by atoms with Gasteiger partial charge < -0.3 is 14.3 Å². The first-order chi connectivity index (χ1) is 4.20. The van der Waals surface area contributed by atoms with Crippen molar-refractivity contribution in [2.45, 2.75) is 6.92 Å². The number of rotatable bonds is 1. The van der Waals surface area contributed by atoms with Crippen LogP contribution in [0.25, 0.3) is 0 Å². The third-order valence-corrected chi connectivity index (χ3v) is 0.796. The number of aryl methyl sites for hydroxylation is 1. The second kappa shape index (κ2) is 3.75. The molecule has 48 valence electrons. The zero-order valence-electron chi connectivity index (χ0n) is 5.75. The quantitative estimate of drug-likeness (QED) is 0.386. The standard InChI is InChI=1S/C5H5NO3.Na/c1-3-2-6-4(9-3)5(7)8;/h2H,1H3,(H,7,8);/q;+1/p-1. The Kier molecular flexibility index (Phi) is 3.63. The summed E-state index contributed by atoms with van der Waals surface area (Å²) in [6.45, 7) is 1.61. The predicted octanol–water partition coefficient (Wildman–Crippen LogP) is -3.65. The number of oxazole rings is 1. The number of hydrogen-bond donors (Lipinski definition) is 0. The Balaban J connectivity index is 0.000000810. The molecule has 0 fully saturated rings. The molecule has 0 saturated heterocycles. The maximum atomic E-state index is 9.95. The van der Waals surface area contributed by atoms with Crippen LogP contribution in [0.15, 0.2) is 10.6 Å². The molecule has 0 radical (unpaired) electrons. The van der Waals surface area contributed by atoms with Crippen molar-refractivity contribution in [1.29, 1.82) is 0 Å². The summed E-state index contributed by atoms with van der Waals surface area (Å²) < 4.78 is 4.57. The van der Waals surface area contributed by atoms with E-state index in [9.17, 15) is 9.90 Å². The zero-order chi connectivity index (χ0) is 6.85. The summed E-state index contributed by atoms with van der Waals surface area (Å²) in [7, 11) is 0. The van der Waals surface area contributed by atoms with E-state index in [1.54, 1.807) is 6.92 Å². The van der Waals surface area contributed by atoms with E-state index in [1.807, 2.05) is 0 Å². The van der Waals surface area contributed by atoms with Crippen LogP contribution in [0.2, 0.25) is 0 Å². The van der Waals surface area contributed by atoms with Gasteiger partial charge in [-0.05, 0) is 6.92 Å². The Morgan fingerprint density at radius 3 is 2.60 bits per heavy atom. The number of aromatic nitrogens is 1. The second-order valence-corrected chi connectivity index (χ2v) is 1.56. The minimum Gasteiger partial charge on any atom is -0.540 e. The Labute approximate surface area is 79.5 Å². The number of hydrogen-bond acceptors (Lipinski definition) is 4. The van der Waals surface area contributed by atoms with Gasteiger partial charge in [0.25, 0.3) is 0 Å². The van der Waals surface area contributed by atoms with Gasteiger partial charge in [-0.1, -0.05) is 0 Å². The summed E-state index contributed by atoms with van der Waals surface area (Å²) in [5.41, 5.74) is 0. The van der Waals surface area contributed by atoms with Crippen LogP contribution in [-0.2, 0) is 0 Å². The molecule has 1 aromatic rings. The van der Waals surface area contributed by atoms with Crippen LogP contribution in [0, 0.1) is 6.92 Å². The summed E-state index contributed by atoms with van der Waals surface area (Å²) in [5, 5.41) is 9.95. The molecule has 1 aromatic heterocycles. The number of carbonyl (C=O) groups excluding carboxylic acids is 1. The number of aromatic carboxylic acids is 1. The van der Waals surface area contributed by atoms with Crippen molar-refractivity contribution in [3.8, 4) is 0 Å². The average molecular weight is 149 g/mol. The summed E-state index contributed by atoms with van der Waals surface area (Å²) in [5.74, 6) is -1.29. The SMILES string of the molecule is Cc1cnc(C(=O)[O-])o1.[Na+]. The molecule has 0 amide bonds. The molecule has 0 aliphatic heterocycles. The van der Waals surface area contributed by atoms with Gasteiger partial charge >= 0.3 is 29.6 Å². The smallest absolute Gasteiger partial charge is 0.540 e. The molecule has 0 atom stereocenters. The molecule has 4 nitrogen and oxygen atoms in total. The Hall–Kier alpha value is -0.320. The maximum Gasteiger partial charge on any atom is 1.00 e. The zero-order valence-corrected chi connectivity index (χ0v) is 7.75. The number of carboxylic acids is 1. The van der Waals surface area contributed by atoms with Crippen LogP contribution in [0.4, 0.5) is 0 Å². The van der Waals surface area contributed by atoms with Crippen LogP contribution in [0.5, 0.6) is 0 Å². The van der Waals surface area contributed by atoms with Crippen molar-refractivity contribution in [2.24, 2.45) is 0 Å². The van der Waals surface area contributed by atoms with Crippen molar-refractivity contribution in [3.05, 3.63) is 17.8 Å². The van der Waals surface area contributed by atoms with Crippen LogP contribution in [-0.4, -0.2) is 11.0 Å². The largest absolute Gasteiger partial charge is 1.00 e. The van der Waals surface area contributed by atoms with Crippen LogP contribution >= 0.6 is 0 Å². The summed E-state index contributed by atoms with van der Waals surface area (Å²) >= 11 is 0. The minimum atomic E-state index is -1.39. The fraction of sp³-hybridized carbons (Fsp3) is 0.200. The fourth-order valence-electron chi connectivity index (χ4n) is 0.449. The number of carbonyl (C=O) groups is 1. The molecule has 0 unspecified atom stereocenters. The van der Waals surface area contributed by atoms with E-state index >= 15 is 0 Å². The van der Waals surface area contributed by atoms with E-state index in [2.05, 4.69) is 9.40 Å². The maximum absolute atomic E-state index is 9.95. The van der Waals surface area contributed by atoms with Crippen molar-refractivity contribution in [3.63, 3.8) is 0 Å². The molecule has 0 aromatic carbocycles. The van der Waals surface area contributed by atoms with Gasteiger partial charge in [0, 0.05) is 0 Å². The first-order valence-corrected chi connectivity index (χ1v) is 2.34. The molecule has 0 saturated carbocycles. The molecule has 1 rings (SSSR count). The van der Waals surface area contributed by atoms with Gasteiger partial charge in [-0.15, -0.1) is 0 Å². The normalized spacial score (nSPS) is 8.50. The Bertz CT molecular complexity index is 233. The number of carboxylic acid groups (broad SMARTS) is 1. The van der Waals surface area contributed by atoms with Crippen molar-refractivity contribution < 1.29 is 43.9 Å². The van der Waals surface area contributed by atoms with E-state index in [0.717, 1.165) is 0 Å². The van der Waals surface area contributed by atoms with Crippen LogP contribution in [0.1, 0.15) is 16.4 Å². The first-order valence-electron chi connectivity index (χ1n) is 2.34. The van der Waals surface area contributed by atoms with Gasteiger partial charge in [0.1, 0.15) is 11.7 Å². The molecule has 0 N–H and O–H groups in total. The van der Waals surface area contributed by atoms with Gasteiger partial charge in [0.15, 0.2) is 0 Å². The Morgan fingerprint density at radius 1 is 1.80 bits per heavy atom. The van der Waals surface area contributed by atoms with E-state index in [4.69, 9.17) is 0 Å². The van der Waals surface area contributed by atoms with E-state index in [1.165, 1.54) is 6.20 Å². The monoisotopic (exact) mass is 149 g/mol. The third-order valence-electron chi connectivity index (χ3n) is 0.796. The van der Waals surface area contributed by atoms with Gasteiger partial charge in [0.2, 0.25) is 5.89 Å². The van der Waals surface area contributed by atoms with Gasteiger partial charge in [-0.3, -0.25) is 0 Å². The molecule has 1 heterocycles. The summed E-state index contributed by atoms with van der Waals surface area (Å²) in [6.07, 6.45) is 1.32. The van der Waals surface area contributed by atoms with E-state index in [0.29, 0.717) is 5.76 Å². The van der Waals surface area contributed by atoms with Gasteiger partial charge in [0.05, 0.1) is 6.20 Å². The summed E-state index contributed by atoms with van der Waals surface area (Å²) in [4.78, 5) is 13.3. The molecule has 10 heavy (non-hydrogen) atoms. The van der Waals surface area contributed by atoms with Gasteiger partial charge in [-0.25, -0.2) is 4.98 Å². The average Bonchev–Trinajstić information content (AvgIpc) is 2.14. The first kappa shape index (κ1) is 9.68. The topological polar surface area (TPSA) is 66.2 Å². The molecule has 0 bridgehead atoms. The van der Waals surface area contributed by atoms with Crippen molar-refractivity contribution >= 4 is 5.97 Å². The van der Waals surface area contributed by atoms with Gasteiger partial charge in [-0.2, -0.15) is 0 Å². The predicted molar refractivity (Wildman–Crippen MR) is 25.6 cm³/mol.